The van der Waals surface area contributed by atoms with Crippen LogP contribution in [0.15, 0.2) is 164 Å². The Hall–Kier alpha value is -10.9. The van der Waals surface area contributed by atoms with E-state index in [9.17, 15) is 28.0 Å². The predicted molar refractivity (Wildman–Crippen MR) is 451 cm³/mol. The fourth-order valence-corrected chi connectivity index (χ4v) is 15.7. The third-order valence-corrected chi connectivity index (χ3v) is 21.8. The van der Waals surface area contributed by atoms with Crippen LogP contribution in [-0.4, -0.2) is 128 Å². The van der Waals surface area contributed by atoms with Gasteiger partial charge in [-0.3, -0.25) is 19.2 Å². The highest BCUT2D eigenvalue weighted by molar-refractivity contribution is 5.97. The van der Waals surface area contributed by atoms with Crippen molar-refractivity contribution in [1.82, 2.24) is 77.7 Å². The van der Waals surface area contributed by atoms with E-state index in [1.807, 2.05) is 131 Å². The molecule has 604 valence electrons. The summed E-state index contributed by atoms with van der Waals surface area (Å²) in [4.78, 5) is 98.1. The predicted octanol–water partition coefficient (Wildman–Crippen LogP) is 19.9. The number of aryl methyl sites for hydroxylation is 4. The van der Waals surface area contributed by atoms with Crippen LogP contribution in [0.3, 0.4) is 0 Å². The average Bonchev–Trinajstić information content (AvgIpc) is 1.64. The number of fused-ring (bicyclic) bond motifs is 4. The van der Waals surface area contributed by atoms with E-state index in [1.165, 1.54) is 68.4 Å². The van der Waals surface area contributed by atoms with Gasteiger partial charge < -0.3 is 37.9 Å². The molecule has 3 fully saturated rings. The standard InChI is InChI=1S/C26H34N4O.C23H27FN4O.C22H27FN4O.C22H26N4O/c1-18(2)13-15-29(26(31)22-12-11-19(3)16-20(22)4)17-24-28-23-10-7-14-27-25(23)30(24)21-8-5-6-9-21;1-16(2)14-27(23(29)17-9-11-18(24)12-10-17)15-21-26-20-8-5-13-25-22(20)28(21)19-6-3-4-7-19;1-3-5-6-15-26(22(28)17-9-11-18(23)12-10-17)16-20-25-19-8-7-13-24-21(19)27(20)14-4-2;1-3-13-25(22(27)18-10-6-16(2)7-11-18)15-20-24-19-5-4-12-23-21(19)26(20)14-17-8-9-17/h7,10-12,14,16,18,21H,5-6,8-9,13,15,17H2,1-4H3;5,8-13,16,19H,3-4,6-7,14-15H2,1-2H3;7-13H,3-6,14-16H2,1-2H3;4-7,10-12,17H,3,8-9,13-15H2,1-2H3. The first-order valence-corrected chi connectivity index (χ1v) is 41.8. The Bertz CT molecular complexity index is 5210. The molecule has 3 aliphatic rings. The van der Waals surface area contributed by atoms with Gasteiger partial charge in [-0.2, -0.15) is 0 Å². The zero-order valence-corrected chi connectivity index (χ0v) is 68.9. The first kappa shape index (κ1) is 83.5. The monoisotopic (exact) mass is 1560 g/mol. The van der Waals surface area contributed by atoms with E-state index in [0.29, 0.717) is 80.9 Å². The summed E-state index contributed by atoms with van der Waals surface area (Å²) in [6.07, 6.45) is 25.1. The van der Waals surface area contributed by atoms with Crippen molar-refractivity contribution in [2.24, 2.45) is 17.8 Å². The Labute approximate surface area is 675 Å². The van der Waals surface area contributed by atoms with E-state index in [-0.39, 0.29) is 35.3 Å². The fourth-order valence-electron chi connectivity index (χ4n) is 15.7. The van der Waals surface area contributed by atoms with E-state index in [1.54, 1.807) is 36.7 Å². The van der Waals surface area contributed by atoms with Crippen molar-refractivity contribution in [3.63, 3.8) is 0 Å². The number of pyridine rings is 4. The third-order valence-electron chi connectivity index (χ3n) is 21.8. The average molecular weight is 1560 g/mol. The number of hydrogen-bond acceptors (Lipinski definition) is 12. The van der Waals surface area contributed by atoms with Crippen LogP contribution in [0, 0.1) is 50.2 Å². The summed E-state index contributed by atoms with van der Waals surface area (Å²) >= 11 is 0. The van der Waals surface area contributed by atoms with Crippen molar-refractivity contribution in [2.45, 2.75) is 223 Å². The first-order valence-electron chi connectivity index (χ1n) is 41.8. The van der Waals surface area contributed by atoms with Crippen LogP contribution in [0.1, 0.15) is 245 Å². The van der Waals surface area contributed by atoms with Crippen LogP contribution >= 0.6 is 0 Å². The number of carbonyl (C=O) groups is 4. The molecule has 12 aromatic rings. The minimum atomic E-state index is -0.343. The second-order valence-corrected chi connectivity index (χ2v) is 32.2. The number of imidazole rings is 4. The highest BCUT2D eigenvalue weighted by atomic mass is 19.1. The van der Waals surface area contributed by atoms with Crippen LogP contribution in [0.2, 0.25) is 0 Å². The van der Waals surface area contributed by atoms with Crippen molar-refractivity contribution in [2.75, 3.05) is 26.2 Å². The lowest BCUT2D eigenvalue weighted by atomic mass is 10.0. The zero-order chi connectivity index (χ0) is 81.1. The van der Waals surface area contributed by atoms with Gasteiger partial charge in [-0.25, -0.2) is 48.7 Å². The minimum absolute atomic E-state index is 0.0647. The normalized spacial score (nSPS) is 13.6. The summed E-state index contributed by atoms with van der Waals surface area (Å²) in [6, 6.07) is 41.8. The van der Waals surface area contributed by atoms with Gasteiger partial charge in [0.25, 0.3) is 23.6 Å². The topological polar surface area (TPSA) is 204 Å². The Kier molecular flexibility index (Phi) is 29.0. The number of aromatic nitrogens is 12. The van der Waals surface area contributed by atoms with Gasteiger partial charge in [0.1, 0.15) is 57.0 Å². The van der Waals surface area contributed by atoms with Gasteiger partial charge in [0, 0.05) is 98.4 Å². The Morgan fingerprint density at radius 2 is 0.843 bits per heavy atom. The lowest BCUT2D eigenvalue weighted by molar-refractivity contribution is 0.0711. The van der Waals surface area contributed by atoms with E-state index in [4.69, 9.17) is 19.9 Å². The summed E-state index contributed by atoms with van der Waals surface area (Å²) in [5.74, 6) is 4.44. The Morgan fingerprint density at radius 3 is 1.30 bits per heavy atom. The fraction of sp³-hybridized carbons (Fsp3) is 0.441. The zero-order valence-electron chi connectivity index (χ0n) is 68.9. The van der Waals surface area contributed by atoms with Crippen LogP contribution in [0.4, 0.5) is 8.78 Å². The van der Waals surface area contributed by atoms with Gasteiger partial charge in [0.05, 0.1) is 26.2 Å². The largest absolute Gasteiger partial charge is 0.331 e. The number of nitrogens with zero attached hydrogens (tertiary/aromatic N) is 16. The first-order chi connectivity index (χ1) is 55.7. The third kappa shape index (κ3) is 21.6. The van der Waals surface area contributed by atoms with E-state index < -0.39 is 0 Å². The highest BCUT2D eigenvalue weighted by Crippen LogP contribution is 2.37. The molecular weight excluding hydrogens is 1440 g/mol. The van der Waals surface area contributed by atoms with Crippen LogP contribution < -0.4 is 0 Å². The number of unbranched alkanes of at least 4 members (excludes halogenated alkanes) is 2. The summed E-state index contributed by atoms with van der Waals surface area (Å²) in [7, 11) is 0. The van der Waals surface area contributed by atoms with E-state index in [0.717, 1.165) is 180 Å². The summed E-state index contributed by atoms with van der Waals surface area (Å²) in [6.45, 7) is 27.4. The molecule has 20 nitrogen and oxygen atoms in total. The molecular formula is C93H114F2N16O4. The quantitative estimate of drug-likeness (QED) is 0.0402. The second-order valence-electron chi connectivity index (χ2n) is 32.2. The van der Waals surface area contributed by atoms with Gasteiger partial charge in [0.2, 0.25) is 0 Å². The van der Waals surface area contributed by atoms with Gasteiger partial charge in [-0.15, -0.1) is 0 Å². The molecule has 8 aromatic heterocycles. The van der Waals surface area contributed by atoms with Crippen molar-refractivity contribution in [3.8, 4) is 0 Å². The van der Waals surface area contributed by atoms with Gasteiger partial charge in [0.15, 0.2) is 22.6 Å². The van der Waals surface area contributed by atoms with Gasteiger partial charge >= 0.3 is 0 Å². The number of carbonyl (C=O) groups excluding carboxylic acids is 4. The Balaban J connectivity index is 0.000000142. The maximum Gasteiger partial charge on any atom is 0.254 e. The van der Waals surface area contributed by atoms with Crippen LogP contribution in [0.5, 0.6) is 0 Å². The number of benzene rings is 4. The SMILES string of the molecule is CC(C)CN(Cc1nc2cccnc2n1C1CCCC1)C(=O)c1ccc(F)cc1.CCCCCN(Cc1nc2cccnc2n1CCC)C(=O)c1ccc(F)cc1.CCCN(Cc1nc2cccnc2n1CC1CC1)C(=O)c1ccc(C)cc1.Cc1ccc(C(=O)N(CCC(C)C)Cc2nc3cccnc3n2C2CCCC2)c(C)c1. The van der Waals surface area contributed by atoms with Crippen molar-refractivity contribution in [1.29, 1.82) is 0 Å². The molecule has 4 amide bonds. The lowest BCUT2D eigenvalue weighted by Gasteiger charge is -2.26. The molecule has 0 spiro atoms. The molecule has 0 bridgehead atoms. The molecule has 3 saturated carbocycles. The summed E-state index contributed by atoms with van der Waals surface area (Å²) in [5, 5.41) is 0. The highest BCUT2D eigenvalue weighted by Gasteiger charge is 2.31. The smallest absolute Gasteiger partial charge is 0.254 e. The van der Waals surface area contributed by atoms with E-state index in [2.05, 4.69) is 99.7 Å². The molecule has 15 rings (SSSR count). The molecule has 0 radical (unpaired) electrons. The molecule has 0 aliphatic heterocycles. The molecule has 0 N–H and O–H groups in total. The molecule has 0 saturated heterocycles. The molecule has 22 heteroatoms. The lowest BCUT2D eigenvalue weighted by Crippen LogP contribution is -2.35. The van der Waals surface area contributed by atoms with Gasteiger partial charge in [-0.05, 0) is 224 Å². The van der Waals surface area contributed by atoms with E-state index >= 15 is 0 Å². The minimum Gasteiger partial charge on any atom is -0.331 e. The molecule has 0 unspecified atom stereocenters. The molecule has 3 aliphatic carbocycles. The maximum absolute atomic E-state index is 13.6. The number of amides is 4. The molecule has 4 aromatic carbocycles. The number of rotatable bonds is 29. The summed E-state index contributed by atoms with van der Waals surface area (Å²) < 4.78 is 35.4. The maximum atomic E-state index is 13.6. The summed E-state index contributed by atoms with van der Waals surface area (Å²) in [5.41, 5.74) is 13.0. The molecule has 8 heterocycles. The number of hydrogen-bond donors (Lipinski definition) is 0. The van der Waals surface area contributed by atoms with Crippen LogP contribution in [-0.2, 0) is 39.3 Å². The van der Waals surface area contributed by atoms with Crippen molar-refractivity contribution in [3.05, 3.63) is 238 Å². The molecule has 115 heavy (non-hydrogen) atoms. The van der Waals surface area contributed by atoms with Gasteiger partial charge in [-0.1, -0.05) is 122 Å². The number of halogens is 2. The Morgan fingerprint density at radius 1 is 0.426 bits per heavy atom. The second kappa shape index (κ2) is 39.9. The van der Waals surface area contributed by atoms with Crippen molar-refractivity contribution < 1.29 is 28.0 Å². The van der Waals surface area contributed by atoms with Crippen molar-refractivity contribution >= 4 is 68.3 Å². The molecule has 0 atom stereocenters. The van der Waals surface area contributed by atoms with Crippen LogP contribution in [0.25, 0.3) is 44.7 Å².